The fraction of sp³-hybridized carbons (Fsp3) is 0.300. The number of carbonyl (C=O) groups is 1. The van der Waals surface area contributed by atoms with E-state index in [2.05, 4.69) is 10.3 Å². The number of halogens is 3. The van der Waals surface area contributed by atoms with Crippen molar-refractivity contribution in [2.75, 3.05) is 5.32 Å². The number of anilines is 1. The Labute approximate surface area is 100 Å². The van der Waals surface area contributed by atoms with Gasteiger partial charge in [0.25, 0.3) is 0 Å². The largest absolute Gasteiger partial charge is 0.433 e. The van der Waals surface area contributed by atoms with Crippen LogP contribution in [0.5, 0.6) is 0 Å². The van der Waals surface area contributed by atoms with Gasteiger partial charge in [0.05, 0.1) is 5.56 Å². The van der Waals surface area contributed by atoms with Crippen molar-refractivity contribution in [1.82, 2.24) is 4.98 Å². The molecule has 1 amide bonds. The Balaban J connectivity index is 3.16. The van der Waals surface area contributed by atoms with Gasteiger partial charge in [-0.15, -0.1) is 0 Å². The van der Waals surface area contributed by atoms with Crippen LogP contribution in [0.1, 0.15) is 18.2 Å². The second kappa shape index (κ2) is 4.91. The molecular weight excluding hydrogens is 249 g/mol. The van der Waals surface area contributed by atoms with Crippen LogP contribution in [0, 0.1) is 11.3 Å². The van der Waals surface area contributed by atoms with Crippen LogP contribution in [0.25, 0.3) is 0 Å². The third-order valence-corrected chi connectivity index (χ3v) is 2.09. The number of pyridine rings is 1. The fourth-order valence-corrected chi connectivity index (χ4v) is 1.09. The van der Waals surface area contributed by atoms with Gasteiger partial charge in [0.2, 0.25) is 5.91 Å². The molecule has 0 fully saturated rings. The highest BCUT2D eigenvalue weighted by Gasteiger charge is 2.33. The molecule has 18 heavy (non-hydrogen) atoms. The maximum Gasteiger partial charge on any atom is 0.433 e. The molecule has 0 radical (unpaired) electrons. The van der Waals surface area contributed by atoms with Crippen LogP contribution in [0.4, 0.5) is 19.0 Å². The molecule has 1 unspecified atom stereocenters. The summed E-state index contributed by atoms with van der Waals surface area (Å²) < 4.78 is 37.3. The average Bonchev–Trinajstić information content (AvgIpc) is 2.27. The monoisotopic (exact) mass is 258 g/mol. The maximum absolute atomic E-state index is 12.4. The third kappa shape index (κ3) is 3.10. The molecule has 0 bridgehead atoms. The first-order valence-corrected chi connectivity index (χ1v) is 4.80. The zero-order valence-electron chi connectivity index (χ0n) is 9.25. The molecule has 0 spiro atoms. The topological polar surface area (TPSA) is 91.8 Å². The summed E-state index contributed by atoms with van der Waals surface area (Å²) in [7, 11) is 0. The first-order chi connectivity index (χ1) is 8.25. The van der Waals surface area contributed by atoms with Gasteiger partial charge in [-0.1, -0.05) is 0 Å². The zero-order valence-corrected chi connectivity index (χ0v) is 9.25. The lowest BCUT2D eigenvalue weighted by atomic mass is 10.2. The summed E-state index contributed by atoms with van der Waals surface area (Å²) in [4.78, 5) is 14.1. The summed E-state index contributed by atoms with van der Waals surface area (Å²) in [6.07, 6.45) is -4.62. The summed E-state index contributed by atoms with van der Waals surface area (Å²) in [5.74, 6) is -1.09. The lowest BCUT2D eigenvalue weighted by Crippen LogP contribution is -2.33. The number of nitriles is 1. The average molecular weight is 258 g/mol. The molecule has 96 valence electrons. The molecular formula is C10H9F3N4O. The molecule has 1 rings (SSSR count). The van der Waals surface area contributed by atoms with Crippen LogP contribution >= 0.6 is 0 Å². The molecule has 0 saturated carbocycles. The van der Waals surface area contributed by atoms with Crippen LogP contribution < -0.4 is 11.1 Å². The summed E-state index contributed by atoms with van der Waals surface area (Å²) in [5, 5.41) is 11.1. The zero-order chi connectivity index (χ0) is 13.9. The van der Waals surface area contributed by atoms with E-state index in [0.717, 1.165) is 6.07 Å². The molecule has 0 aliphatic heterocycles. The molecule has 1 aromatic rings. The van der Waals surface area contributed by atoms with E-state index in [1.165, 1.54) is 6.92 Å². The summed E-state index contributed by atoms with van der Waals surface area (Å²) in [6, 6.07) is 2.41. The second-order valence-corrected chi connectivity index (χ2v) is 3.47. The van der Waals surface area contributed by atoms with Crippen LogP contribution in [0.15, 0.2) is 12.1 Å². The third-order valence-electron chi connectivity index (χ3n) is 2.09. The molecule has 0 aliphatic carbocycles. The number of carbonyl (C=O) groups excluding carboxylic acids is 1. The minimum atomic E-state index is -4.62. The Hall–Kier alpha value is -2.30. The van der Waals surface area contributed by atoms with Gasteiger partial charge in [0, 0.05) is 0 Å². The quantitative estimate of drug-likeness (QED) is 0.853. The van der Waals surface area contributed by atoms with Gasteiger partial charge in [-0.05, 0) is 19.1 Å². The van der Waals surface area contributed by atoms with Gasteiger partial charge < -0.3 is 11.1 Å². The van der Waals surface area contributed by atoms with Gasteiger partial charge in [-0.2, -0.15) is 18.4 Å². The summed E-state index contributed by atoms with van der Waals surface area (Å²) in [6.45, 7) is 1.35. The molecule has 3 N–H and O–H groups in total. The summed E-state index contributed by atoms with van der Waals surface area (Å²) >= 11 is 0. The second-order valence-electron chi connectivity index (χ2n) is 3.47. The minimum absolute atomic E-state index is 0.101. The molecule has 1 aromatic heterocycles. The maximum atomic E-state index is 12.4. The normalized spacial score (nSPS) is 12.6. The number of rotatable bonds is 3. The van der Waals surface area contributed by atoms with E-state index in [4.69, 9.17) is 11.0 Å². The van der Waals surface area contributed by atoms with E-state index < -0.39 is 23.8 Å². The Morgan fingerprint density at radius 1 is 1.56 bits per heavy atom. The van der Waals surface area contributed by atoms with Gasteiger partial charge in [-0.3, -0.25) is 4.79 Å². The number of amides is 1. The SMILES string of the molecule is CC(Nc1nc(C(F)(F)F)ccc1C#N)C(N)=O. The molecule has 0 aromatic carbocycles. The predicted octanol–water partition coefficient (Wildman–Crippen LogP) is 1.26. The molecule has 1 heterocycles. The van der Waals surface area contributed by atoms with E-state index in [9.17, 15) is 18.0 Å². The Kier molecular flexibility index (Phi) is 3.76. The van der Waals surface area contributed by atoms with Crippen LogP contribution in [-0.4, -0.2) is 16.9 Å². The van der Waals surface area contributed by atoms with Gasteiger partial charge in [0.1, 0.15) is 23.6 Å². The lowest BCUT2D eigenvalue weighted by molar-refractivity contribution is -0.141. The molecule has 0 saturated heterocycles. The van der Waals surface area contributed by atoms with Crippen molar-refractivity contribution in [1.29, 1.82) is 5.26 Å². The van der Waals surface area contributed by atoms with E-state index in [-0.39, 0.29) is 11.4 Å². The number of primary amides is 1. The Morgan fingerprint density at radius 3 is 2.61 bits per heavy atom. The highest BCUT2D eigenvalue weighted by Crippen LogP contribution is 2.29. The van der Waals surface area contributed by atoms with Crippen molar-refractivity contribution < 1.29 is 18.0 Å². The Bertz CT molecular complexity index is 507. The molecule has 5 nitrogen and oxygen atoms in total. The smallest absolute Gasteiger partial charge is 0.368 e. The van der Waals surface area contributed by atoms with Crippen molar-refractivity contribution >= 4 is 11.7 Å². The standard InChI is InChI=1S/C10H9F3N4O/c1-5(8(15)18)16-9-6(4-14)2-3-7(17-9)10(11,12)13/h2-3,5H,1H3,(H2,15,18)(H,16,17). The predicted molar refractivity (Wildman–Crippen MR) is 56.2 cm³/mol. The number of aromatic nitrogens is 1. The van der Waals surface area contributed by atoms with Crippen LogP contribution in [0.2, 0.25) is 0 Å². The minimum Gasteiger partial charge on any atom is -0.368 e. The molecule has 0 aliphatic rings. The number of alkyl halides is 3. The van der Waals surface area contributed by atoms with Gasteiger partial charge >= 0.3 is 6.18 Å². The van der Waals surface area contributed by atoms with E-state index >= 15 is 0 Å². The Morgan fingerprint density at radius 2 is 2.17 bits per heavy atom. The summed E-state index contributed by atoms with van der Waals surface area (Å²) in [5.41, 5.74) is 3.71. The number of hydrogen-bond donors (Lipinski definition) is 2. The van der Waals surface area contributed by atoms with E-state index in [1.54, 1.807) is 6.07 Å². The van der Waals surface area contributed by atoms with E-state index in [1.807, 2.05) is 0 Å². The lowest BCUT2D eigenvalue weighted by Gasteiger charge is -2.14. The van der Waals surface area contributed by atoms with Crippen LogP contribution in [0.3, 0.4) is 0 Å². The van der Waals surface area contributed by atoms with Crippen molar-refractivity contribution in [2.45, 2.75) is 19.1 Å². The van der Waals surface area contributed by atoms with Crippen molar-refractivity contribution in [3.63, 3.8) is 0 Å². The fourth-order valence-electron chi connectivity index (χ4n) is 1.09. The first-order valence-electron chi connectivity index (χ1n) is 4.80. The van der Waals surface area contributed by atoms with Gasteiger partial charge in [-0.25, -0.2) is 4.98 Å². The van der Waals surface area contributed by atoms with E-state index in [0.29, 0.717) is 6.07 Å². The van der Waals surface area contributed by atoms with Crippen LogP contribution in [-0.2, 0) is 11.0 Å². The number of nitrogens with one attached hydrogen (secondary N) is 1. The molecule has 1 atom stereocenters. The number of nitrogens with zero attached hydrogens (tertiary/aromatic N) is 2. The van der Waals surface area contributed by atoms with Gasteiger partial charge in [0.15, 0.2) is 0 Å². The van der Waals surface area contributed by atoms with Crippen molar-refractivity contribution in [2.24, 2.45) is 5.73 Å². The molecule has 8 heteroatoms. The highest BCUT2D eigenvalue weighted by molar-refractivity contribution is 5.82. The van der Waals surface area contributed by atoms with Crippen molar-refractivity contribution in [3.8, 4) is 6.07 Å². The number of hydrogen-bond acceptors (Lipinski definition) is 4. The highest BCUT2D eigenvalue weighted by atomic mass is 19.4. The van der Waals surface area contributed by atoms with Crippen molar-refractivity contribution in [3.05, 3.63) is 23.4 Å². The first kappa shape index (κ1) is 13.8. The number of nitrogens with two attached hydrogens (primary N) is 1.